The van der Waals surface area contributed by atoms with Gasteiger partial charge in [-0.25, -0.2) is 8.42 Å². The summed E-state index contributed by atoms with van der Waals surface area (Å²) < 4.78 is 32.9. The number of amides is 1. The number of nitrogens with zero attached hydrogens (tertiary/aromatic N) is 2. The Morgan fingerprint density at radius 2 is 1.67 bits per heavy atom. The number of ether oxygens (including phenoxy) is 1. The Bertz CT molecular complexity index is 752. The first-order valence-corrected chi connectivity index (χ1v) is 11.1. The number of hydrogen-bond donors (Lipinski definition) is 1. The second-order valence-corrected chi connectivity index (χ2v) is 9.15. The number of carbonyl (C=O) groups is 1. The van der Waals surface area contributed by atoms with Gasteiger partial charge < -0.3 is 10.1 Å². The number of sulfonamides is 1. The largest absolute Gasteiger partial charge is 0.495 e. The number of methoxy groups -OCH3 is 1. The second kappa shape index (κ2) is 9.03. The molecule has 8 heteroatoms. The van der Waals surface area contributed by atoms with Crippen LogP contribution in [0.25, 0.3) is 0 Å². The molecule has 2 aliphatic rings. The summed E-state index contributed by atoms with van der Waals surface area (Å²) in [4.78, 5) is 14.7. The molecule has 0 aliphatic carbocycles. The Kier molecular flexibility index (Phi) is 6.73. The van der Waals surface area contributed by atoms with Gasteiger partial charge in [0.15, 0.2) is 0 Å². The predicted molar refractivity (Wildman–Crippen MR) is 105 cm³/mol. The van der Waals surface area contributed by atoms with Crippen molar-refractivity contribution in [3.05, 3.63) is 18.2 Å². The molecule has 2 heterocycles. The Balaban J connectivity index is 1.78. The third-order valence-corrected chi connectivity index (χ3v) is 7.11. The summed E-state index contributed by atoms with van der Waals surface area (Å²) in [6, 6.07) is 4.67. The summed E-state index contributed by atoms with van der Waals surface area (Å²) >= 11 is 0. The van der Waals surface area contributed by atoms with Crippen LogP contribution in [0.2, 0.25) is 0 Å². The van der Waals surface area contributed by atoms with Gasteiger partial charge in [-0.15, -0.1) is 0 Å². The van der Waals surface area contributed by atoms with Gasteiger partial charge in [0, 0.05) is 13.1 Å². The lowest BCUT2D eigenvalue weighted by Crippen LogP contribution is -2.32. The molecule has 7 nitrogen and oxygen atoms in total. The van der Waals surface area contributed by atoms with Crippen molar-refractivity contribution in [1.29, 1.82) is 0 Å². The molecule has 0 saturated carbocycles. The summed E-state index contributed by atoms with van der Waals surface area (Å²) in [6.07, 6.45) is 6.11. The highest BCUT2D eigenvalue weighted by molar-refractivity contribution is 7.89. The topological polar surface area (TPSA) is 79.0 Å². The van der Waals surface area contributed by atoms with Crippen LogP contribution < -0.4 is 10.1 Å². The van der Waals surface area contributed by atoms with Crippen molar-refractivity contribution >= 4 is 21.6 Å². The number of anilines is 1. The molecule has 150 valence electrons. The summed E-state index contributed by atoms with van der Waals surface area (Å²) in [5.41, 5.74) is 0.401. The van der Waals surface area contributed by atoms with E-state index in [-0.39, 0.29) is 10.8 Å². The first kappa shape index (κ1) is 20.1. The maximum atomic E-state index is 13.0. The molecule has 0 aromatic heterocycles. The van der Waals surface area contributed by atoms with Crippen molar-refractivity contribution in [1.82, 2.24) is 9.21 Å². The molecular formula is C19H29N3O4S. The Morgan fingerprint density at radius 1 is 1.04 bits per heavy atom. The predicted octanol–water partition coefficient (Wildman–Crippen LogP) is 2.29. The molecule has 1 aromatic rings. The van der Waals surface area contributed by atoms with Crippen LogP contribution in [0.15, 0.2) is 23.1 Å². The summed E-state index contributed by atoms with van der Waals surface area (Å²) in [7, 11) is -2.07. The van der Waals surface area contributed by atoms with E-state index in [2.05, 4.69) is 10.2 Å². The molecule has 2 saturated heterocycles. The van der Waals surface area contributed by atoms with Crippen LogP contribution in [-0.4, -0.2) is 63.4 Å². The van der Waals surface area contributed by atoms with Crippen molar-refractivity contribution in [3.8, 4) is 5.75 Å². The van der Waals surface area contributed by atoms with Gasteiger partial charge in [0.2, 0.25) is 15.9 Å². The minimum atomic E-state index is -3.57. The van der Waals surface area contributed by atoms with E-state index in [9.17, 15) is 13.2 Å². The zero-order chi connectivity index (χ0) is 19.3. The number of benzene rings is 1. The first-order valence-electron chi connectivity index (χ1n) is 9.71. The lowest BCUT2D eigenvalue weighted by molar-refractivity contribution is -0.117. The standard InChI is InChI=1S/C19H29N3O4S/c1-26-18-9-8-16(27(24,25)22-12-4-2-3-5-13-22)14-17(18)20-19(23)15-21-10-6-7-11-21/h8-9,14H,2-7,10-13,15H2,1H3,(H,20,23). The van der Waals surface area contributed by atoms with Crippen molar-refractivity contribution in [2.24, 2.45) is 0 Å². The van der Waals surface area contributed by atoms with Gasteiger partial charge in [-0.1, -0.05) is 12.8 Å². The molecule has 0 unspecified atom stereocenters. The number of likely N-dealkylation sites (tertiary alicyclic amines) is 1. The van der Waals surface area contributed by atoms with E-state index in [0.29, 0.717) is 31.1 Å². The number of hydrogen-bond acceptors (Lipinski definition) is 5. The molecule has 0 radical (unpaired) electrons. The molecule has 27 heavy (non-hydrogen) atoms. The maximum absolute atomic E-state index is 13.0. The van der Waals surface area contributed by atoms with Gasteiger partial charge in [-0.3, -0.25) is 9.69 Å². The van der Waals surface area contributed by atoms with Crippen LogP contribution in [0.5, 0.6) is 5.75 Å². The van der Waals surface area contributed by atoms with E-state index < -0.39 is 10.0 Å². The highest BCUT2D eigenvalue weighted by Gasteiger charge is 2.26. The quantitative estimate of drug-likeness (QED) is 0.800. The van der Waals surface area contributed by atoms with Crippen LogP contribution in [0.4, 0.5) is 5.69 Å². The third kappa shape index (κ3) is 5.00. The third-order valence-electron chi connectivity index (χ3n) is 5.21. The van der Waals surface area contributed by atoms with Crippen molar-refractivity contribution < 1.29 is 17.9 Å². The fourth-order valence-corrected chi connectivity index (χ4v) is 5.25. The average molecular weight is 396 g/mol. The van der Waals surface area contributed by atoms with Gasteiger partial charge in [0.1, 0.15) is 5.75 Å². The average Bonchev–Trinajstić information content (AvgIpc) is 2.99. The van der Waals surface area contributed by atoms with E-state index >= 15 is 0 Å². The lowest BCUT2D eigenvalue weighted by atomic mass is 10.2. The second-order valence-electron chi connectivity index (χ2n) is 7.21. The molecule has 0 bridgehead atoms. The van der Waals surface area contributed by atoms with Crippen molar-refractivity contribution in [2.75, 3.05) is 45.2 Å². The molecule has 0 spiro atoms. The summed E-state index contributed by atoms with van der Waals surface area (Å²) in [5, 5.41) is 2.83. The smallest absolute Gasteiger partial charge is 0.243 e. The maximum Gasteiger partial charge on any atom is 0.243 e. The Hall–Kier alpha value is -1.64. The molecule has 2 fully saturated rings. The molecule has 1 aromatic carbocycles. The van der Waals surface area contributed by atoms with Gasteiger partial charge in [-0.2, -0.15) is 4.31 Å². The minimum absolute atomic E-state index is 0.153. The van der Waals surface area contributed by atoms with Crippen molar-refractivity contribution in [2.45, 2.75) is 43.4 Å². The van der Waals surface area contributed by atoms with Crippen LogP contribution in [0.1, 0.15) is 38.5 Å². The molecule has 1 amide bonds. The highest BCUT2D eigenvalue weighted by atomic mass is 32.2. The minimum Gasteiger partial charge on any atom is -0.495 e. The van der Waals surface area contributed by atoms with Crippen molar-refractivity contribution in [3.63, 3.8) is 0 Å². The number of nitrogens with one attached hydrogen (secondary N) is 1. The molecular weight excluding hydrogens is 366 g/mol. The molecule has 1 N–H and O–H groups in total. The highest BCUT2D eigenvalue weighted by Crippen LogP contribution is 2.30. The van der Waals surface area contributed by atoms with E-state index in [0.717, 1.165) is 51.6 Å². The SMILES string of the molecule is COc1ccc(S(=O)(=O)N2CCCCCC2)cc1NC(=O)CN1CCCC1. The zero-order valence-corrected chi connectivity index (χ0v) is 16.8. The van der Waals surface area contributed by atoms with Gasteiger partial charge in [-0.05, 0) is 57.0 Å². The fourth-order valence-electron chi connectivity index (χ4n) is 3.71. The Morgan fingerprint density at radius 3 is 2.30 bits per heavy atom. The first-order chi connectivity index (χ1) is 13.0. The monoisotopic (exact) mass is 395 g/mol. The molecule has 3 rings (SSSR count). The summed E-state index contributed by atoms with van der Waals surface area (Å²) in [6.45, 7) is 3.25. The van der Waals surface area contributed by atoms with E-state index in [1.165, 1.54) is 13.2 Å². The molecule has 0 atom stereocenters. The molecule has 2 aliphatic heterocycles. The summed E-state index contributed by atoms with van der Waals surface area (Å²) in [5.74, 6) is 0.305. The number of carbonyl (C=O) groups excluding carboxylic acids is 1. The van der Waals surface area contributed by atoms with Crippen LogP contribution in [0, 0.1) is 0 Å². The fraction of sp³-hybridized carbons (Fsp3) is 0.632. The zero-order valence-electron chi connectivity index (χ0n) is 15.9. The van der Waals surface area contributed by atoms with Gasteiger partial charge in [0.05, 0.1) is 24.2 Å². The lowest BCUT2D eigenvalue weighted by Gasteiger charge is -2.21. The van der Waals surface area contributed by atoms with Gasteiger partial charge >= 0.3 is 0 Å². The van der Waals surface area contributed by atoms with Crippen LogP contribution in [0.3, 0.4) is 0 Å². The van der Waals surface area contributed by atoms with E-state index in [1.807, 2.05) is 0 Å². The van der Waals surface area contributed by atoms with Crippen LogP contribution >= 0.6 is 0 Å². The Labute approximate surface area is 161 Å². The van der Waals surface area contributed by atoms with Crippen LogP contribution in [-0.2, 0) is 14.8 Å². The normalized spacial score (nSPS) is 19.6. The van der Waals surface area contributed by atoms with E-state index in [4.69, 9.17) is 4.74 Å². The number of rotatable bonds is 6. The van der Waals surface area contributed by atoms with Gasteiger partial charge in [0.25, 0.3) is 0 Å². The van der Waals surface area contributed by atoms with E-state index in [1.54, 1.807) is 16.4 Å².